The van der Waals surface area contributed by atoms with Crippen molar-refractivity contribution in [3.05, 3.63) is 71.3 Å². The minimum Gasteiger partial charge on any atom is -0.444 e. The SMILES string of the molecule is CCCCCNC(=O)C(c1cccc(C)c1)N(C(=O)C(Cc1ccccc1)NC(=O)OC(C)(C)C)C(C)C. The Hall–Kier alpha value is -3.35. The van der Waals surface area contributed by atoms with E-state index in [9.17, 15) is 14.4 Å². The molecule has 38 heavy (non-hydrogen) atoms. The van der Waals surface area contributed by atoms with Gasteiger partial charge in [0.25, 0.3) is 0 Å². The molecule has 0 aliphatic carbocycles. The van der Waals surface area contributed by atoms with E-state index < -0.39 is 23.8 Å². The molecule has 0 fully saturated rings. The van der Waals surface area contributed by atoms with Crippen LogP contribution in [0.25, 0.3) is 0 Å². The van der Waals surface area contributed by atoms with Gasteiger partial charge in [-0.2, -0.15) is 0 Å². The molecule has 208 valence electrons. The van der Waals surface area contributed by atoms with Gasteiger partial charge in [0.2, 0.25) is 11.8 Å². The van der Waals surface area contributed by atoms with Gasteiger partial charge in [0.1, 0.15) is 17.7 Å². The Morgan fingerprint density at radius 1 is 0.974 bits per heavy atom. The second kappa shape index (κ2) is 14.6. The molecule has 2 atom stereocenters. The Morgan fingerprint density at radius 2 is 1.66 bits per heavy atom. The number of aryl methyl sites for hydroxylation is 1. The molecule has 0 heterocycles. The molecule has 0 saturated carbocycles. The monoisotopic (exact) mass is 523 g/mol. The van der Waals surface area contributed by atoms with Crippen LogP contribution in [0, 0.1) is 6.92 Å². The van der Waals surface area contributed by atoms with Crippen LogP contribution < -0.4 is 10.6 Å². The van der Waals surface area contributed by atoms with Crippen LogP contribution in [0.1, 0.15) is 83.5 Å². The highest BCUT2D eigenvalue weighted by molar-refractivity contribution is 5.92. The number of ether oxygens (including phenoxy) is 1. The summed E-state index contributed by atoms with van der Waals surface area (Å²) in [6, 6.07) is 15.1. The third-order valence-corrected chi connectivity index (χ3v) is 6.05. The van der Waals surface area contributed by atoms with Gasteiger partial charge in [-0.25, -0.2) is 4.79 Å². The Labute approximate surface area is 228 Å². The van der Waals surface area contributed by atoms with E-state index in [-0.39, 0.29) is 24.3 Å². The third kappa shape index (κ3) is 9.84. The predicted octanol–water partition coefficient (Wildman–Crippen LogP) is 5.72. The molecule has 7 nitrogen and oxygen atoms in total. The quantitative estimate of drug-likeness (QED) is 0.349. The first kappa shape index (κ1) is 30.9. The van der Waals surface area contributed by atoms with E-state index in [2.05, 4.69) is 17.6 Å². The number of hydrogen-bond acceptors (Lipinski definition) is 4. The van der Waals surface area contributed by atoms with Gasteiger partial charge in [-0.15, -0.1) is 0 Å². The van der Waals surface area contributed by atoms with Crippen molar-refractivity contribution in [1.82, 2.24) is 15.5 Å². The van der Waals surface area contributed by atoms with E-state index in [1.165, 1.54) is 0 Å². The number of hydrogen-bond donors (Lipinski definition) is 2. The molecule has 0 aromatic heterocycles. The fraction of sp³-hybridized carbons (Fsp3) is 0.516. The van der Waals surface area contributed by atoms with Crippen molar-refractivity contribution >= 4 is 17.9 Å². The van der Waals surface area contributed by atoms with Crippen molar-refractivity contribution in [2.75, 3.05) is 6.54 Å². The molecule has 2 rings (SSSR count). The second-order valence-corrected chi connectivity index (χ2v) is 11.0. The van der Waals surface area contributed by atoms with Gasteiger partial charge in [-0.3, -0.25) is 9.59 Å². The summed E-state index contributed by atoms with van der Waals surface area (Å²) < 4.78 is 5.48. The molecule has 2 N–H and O–H groups in total. The predicted molar refractivity (Wildman–Crippen MR) is 152 cm³/mol. The number of benzene rings is 2. The fourth-order valence-corrected chi connectivity index (χ4v) is 4.32. The van der Waals surface area contributed by atoms with Crippen LogP contribution >= 0.6 is 0 Å². The minimum atomic E-state index is -0.921. The summed E-state index contributed by atoms with van der Waals surface area (Å²) in [5, 5.41) is 5.83. The Kier molecular flexibility index (Phi) is 11.8. The van der Waals surface area contributed by atoms with Crippen molar-refractivity contribution in [2.45, 2.75) is 97.9 Å². The number of amides is 3. The van der Waals surface area contributed by atoms with Crippen molar-refractivity contribution in [2.24, 2.45) is 0 Å². The summed E-state index contributed by atoms with van der Waals surface area (Å²) >= 11 is 0. The number of alkyl carbamates (subject to hydrolysis) is 1. The van der Waals surface area contributed by atoms with Crippen molar-refractivity contribution < 1.29 is 19.1 Å². The van der Waals surface area contributed by atoms with E-state index in [0.717, 1.165) is 36.0 Å². The smallest absolute Gasteiger partial charge is 0.408 e. The number of carbonyl (C=O) groups is 3. The summed E-state index contributed by atoms with van der Waals surface area (Å²) in [5.41, 5.74) is 1.90. The maximum Gasteiger partial charge on any atom is 0.408 e. The second-order valence-electron chi connectivity index (χ2n) is 11.0. The van der Waals surface area contributed by atoms with E-state index >= 15 is 0 Å². The standard InChI is InChI=1S/C31H45N3O4/c1-8-9-13-19-32-28(35)27(25-18-14-15-23(4)20-25)34(22(2)3)29(36)26(21-24-16-11-10-12-17-24)33-30(37)38-31(5,6)7/h10-12,14-18,20,22,26-27H,8-9,13,19,21H2,1-7H3,(H,32,35)(H,33,37). The van der Waals surface area contributed by atoms with Crippen LogP contribution in [0.3, 0.4) is 0 Å². The van der Waals surface area contributed by atoms with Gasteiger partial charge in [0, 0.05) is 19.0 Å². The zero-order valence-corrected chi connectivity index (χ0v) is 24.0. The fourth-order valence-electron chi connectivity index (χ4n) is 4.32. The lowest BCUT2D eigenvalue weighted by atomic mass is 9.98. The number of carbonyl (C=O) groups excluding carboxylic acids is 3. The summed E-state index contributed by atoms with van der Waals surface area (Å²) in [6.45, 7) is 13.7. The average Bonchev–Trinajstić information content (AvgIpc) is 2.83. The van der Waals surface area contributed by atoms with Crippen LogP contribution in [-0.4, -0.2) is 47.0 Å². The number of nitrogens with one attached hydrogen (secondary N) is 2. The highest BCUT2D eigenvalue weighted by atomic mass is 16.6. The maximum absolute atomic E-state index is 14.2. The number of unbranched alkanes of at least 4 members (excludes halogenated alkanes) is 2. The van der Waals surface area contributed by atoms with Crippen molar-refractivity contribution in [3.8, 4) is 0 Å². The van der Waals surface area contributed by atoms with Gasteiger partial charge in [-0.05, 0) is 59.1 Å². The zero-order chi connectivity index (χ0) is 28.3. The van der Waals surface area contributed by atoms with E-state index in [1.54, 1.807) is 25.7 Å². The average molecular weight is 524 g/mol. The minimum absolute atomic E-state index is 0.232. The number of nitrogens with zero attached hydrogens (tertiary/aromatic N) is 1. The molecule has 3 amide bonds. The van der Waals surface area contributed by atoms with Crippen LogP contribution in [-0.2, 0) is 20.7 Å². The summed E-state index contributed by atoms with van der Waals surface area (Å²) in [4.78, 5) is 42.3. The van der Waals surface area contributed by atoms with E-state index in [1.807, 2.05) is 75.4 Å². The Balaban J connectivity index is 2.47. The molecule has 0 aliphatic rings. The summed E-state index contributed by atoms with van der Waals surface area (Å²) in [7, 11) is 0. The van der Waals surface area contributed by atoms with E-state index in [0.29, 0.717) is 6.54 Å². The molecule has 0 bridgehead atoms. The summed E-state index contributed by atoms with van der Waals surface area (Å²) in [6.07, 6.45) is 2.52. The first-order chi connectivity index (χ1) is 17.9. The van der Waals surface area contributed by atoms with Crippen LogP contribution in [0.5, 0.6) is 0 Å². The van der Waals surface area contributed by atoms with Gasteiger partial charge in [0.05, 0.1) is 0 Å². The molecule has 0 aliphatic heterocycles. The molecule has 0 radical (unpaired) electrons. The van der Waals surface area contributed by atoms with Gasteiger partial charge in [0.15, 0.2) is 0 Å². The van der Waals surface area contributed by atoms with Crippen LogP contribution in [0.15, 0.2) is 54.6 Å². The lowest BCUT2D eigenvalue weighted by Gasteiger charge is -2.37. The largest absolute Gasteiger partial charge is 0.444 e. The molecule has 2 aromatic rings. The van der Waals surface area contributed by atoms with Crippen molar-refractivity contribution in [1.29, 1.82) is 0 Å². The maximum atomic E-state index is 14.2. The number of rotatable bonds is 12. The molecule has 0 saturated heterocycles. The Bertz CT molecular complexity index is 1050. The highest BCUT2D eigenvalue weighted by Crippen LogP contribution is 2.26. The lowest BCUT2D eigenvalue weighted by molar-refractivity contribution is -0.144. The van der Waals surface area contributed by atoms with Crippen molar-refractivity contribution in [3.63, 3.8) is 0 Å². The highest BCUT2D eigenvalue weighted by Gasteiger charge is 2.37. The van der Waals surface area contributed by atoms with E-state index in [4.69, 9.17) is 4.74 Å². The molecular weight excluding hydrogens is 478 g/mol. The molecule has 2 aromatic carbocycles. The Morgan fingerprint density at radius 3 is 2.24 bits per heavy atom. The topological polar surface area (TPSA) is 87.7 Å². The molecule has 0 spiro atoms. The third-order valence-electron chi connectivity index (χ3n) is 6.05. The summed E-state index contributed by atoms with van der Waals surface area (Å²) in [5.74, 6) is -0.575. The van der Waals surface area contributed by atoms with Gasteiger partial charge < -0.3 is 20.3 Å². The van der Waals surface area contributed by atoms with Crippen LogP contribution in [0.4, 0.5) is 4.79 Å². The lowest BCUT2D eigenvalue weighted by Crippen LogP contribution is -2.55. The molecular formula is C31H45N3O4. The molecule has 2 unspecified atom stereocenters. The van der Waals surface area contributed by atoms with Crippen LogP contribution in [0.2, 0.25) is 0 Å². The molecule has 7 heteroatoms. The normalized spacial score (nSPS) is 12.9. The first-order valence-electron chi connectivity index (χ1n) is 13.6. The van der Waals surface area contributed by atoms with Gasteiger partial charge in [-0.1, -0.05) is 79.9 Å². The first-order valence-corrected chi connectivity index (χ1v) is 13.6. The zero-order valence-electron chi connectivity index (χ0n) is 24.0. The van der Waals surface area contributed by atoms with Gasteiger partial charge >= 0.3 is 6.09 Å².